The Kier molecular flexibility index (Phi) is 2.19. The van der Waals surface area contributed by atoms with Crippen molar-refractivity contribution in [2.24, 2.45) is 12.0 Å². The van der Waals surface area contributed by atoms with Gasteiger partial charge >= 0.3 is 5.97 Å². The second-order valence-electron chi connectivity index (χ2n) is 5.15. The standard InChI is InChI=1S/C14H12N4O3/c1-17-9-5-3-2-4-7(9)10-13(17)18-6-8(14(20)21)15-11(18)12(19)16-10/h2-5,8H,6H2,1H3,(H,16,19)(H,20,21). The van der Waals surface area contributed by atoms with Crippen molar-refractivity contribution >= 4 is 40.1 Å². The first-order valence-corrected chi connectivity index (χ1v) is 6.55. The van der Waals surface area contributed by atoms with Crippen LogP contribution in [0.25, 0.3) is 10.9 Å². The van der Waals surface area contributed by atoms with Gasteiger partial charge in [-0.15, -0.1) is 0 Å². The number of fused-ring (bicyclic) bond motifs is 5. The Morgan fingerprint density at radius 2 is 2.19 bits per heavy atom. The monoisotopic (exact) mass is 284 g/mol. The Morgan fingerprint density at radius 3 is 2.95 bits per heavy atom. The van der Waals surface area contributed by atoms with E-state index in [1.807, 2.05) is 35.9 Å². The van der Waals surface area contributed by atoms with Crippen LogP contribution >= 0.6 is 0 Å². The Bertz CT molecular complexity index is 836. The van der Waals surface area contributed by atoms with Crippen molar-refractivity contribution in [2.45, 2.75) is 6.04 Å². The lowest BCUT2D eigenvalue weighted by molar-refractivity contribution is -0.138. The van der Waals surface area contributed by atoms with Gasteiger partial charge in [0.05, 0.1) is 17.7 Å². The number of carboxylic acid groups (broad SMARTS) is 1. The quantitative estimate of drug-likeness (QED) is 0.811. The third kappa shape index (κ3) is 1.45. The number of anilines is 2. The maximum Gasteiger partial charge on any atom is 0.330 e. The minimum Gasteiger partial charge on any atom is -0.480 e. The molecule has 0 spiro atoms. The Balaban J connectivity index is 1.96. The molecule has 0 saturated carbocycles. The Hall–Kier alpha value is -2.83. The number of benzene rings is 1. The highest BCUT2D eigenvalue weighted by molar-refractivity contribution is 6.50. The first kappa shape index (κ1) is 12.0. The van der Waals surface area contributed by atoms with Gasteiger partial charge in [-0.05, 0) is 6.07 Å². The van der Waals surface area contributed by atoms with Crippen LogP contribution in [-0.4, -0.2) is 40.0 Å². The predicted molar refractivity (Wildman–Crippen MR) is 77.8 cm³/mol. The van der Waals surface area contributed by atoms with Gasteiger partial charge in [-0.2, -0.15) is 0 Å². The molecule has 7 nitrogen and oxygen atoms in total. The van der Waals surface area contributed by atoms with Crippen LogP contribution in [-0.2, 0) is 16.6 Å². The summed E-state index contributed by atoms with van der Waals surface area (Å²) in [6, 6.07) is 6.81. The zero-order chi connectivity index (χ0) is 14.7. The summed E-state index contributed by atoms with van der Waals surface area (Å²) in [5.74, 6) is -0.438. The summed E-state index contributed by atoms with van der Waals surface area (Å²) in [6.07, 6.45) is 0. The summed E-state index contributed by atoms with van der Waals surface area (Å²) < 4.78 is 1.95. The third-order valence-corrected chi connectivity index (χ3v) is 3.95. The van der Waals surface area contributed by atoms with Crippen LogP contribution in [0.5, 0.6) is 0 Å². The highest BCUT2D eigenvalue weighted by atomic mass is 16.4. The number of nitrogens with zero attached hydrogens (tertiary/aromatic N) is 3. The number of aliphatic carboxylic acids is 1. The molecule has 2 aliphatic heterocycles. The number of nitrogens with one attached hydrogen (secondary N) is 1. The number of aromatic nitrogens is 1. The molecule has 21 heavy (non-hydrogen) atoms. The molecule has 0 radical (unpaired) electrons. The molecule has 3 heterocycles. The Labute approximate surface area is 119 Å². The van der Waals surface area contributed by atoms with E-state index in [2.05, 4.69) is 10.3 Å². The van der Waals surface area contributed by atoms with Crippen LogP contribution < -0.4 is 10.2 Å². The van der Waals surface area contributed by atoms with E-state index in [0.717, 1.165) is 16.7 Å². The van der Waals surface area contributed by atoms with E-state index in [4.69, 9.17) is 5.11 Å². The maximum atomic E-state index is 12.2. The zero-order valence-electron chi connectivity index (χ0n) is 11.2. The number of carbonyl (C=O) groups is 2. The van der Waals surface area contributed by atoms with E-state index in [1.54, 1.807) is 4.90 Å². The van der Waals surface area contributed by atoms with E-state index in [9.17, 15) is 9.59 Å². The predicted octanol–water partition coefficient (Wildman–Crippen LogP) is 0.802. The van der Waals surface area contributed by atoms with E-state index in [-0.39, 0.29) is 18.3 Å². The van der Waals surface area contributed by atoms with Gasteiger partial charge in [0, 0.05) is 12.4 Å². The SMILES string of the molecule is Cn1c2c(c3ccccc31)NC(=O)C1=NC(C(=O)O)CN12. The number of aryl methyl sites for hydroxylation is 1. The molecule has 0 bridgehead atoms. The maximum absolute atomic E-state index is 12.2. The van der Waals surface area contributed by atoms with E-state index < -0.39 is 12.0 Å². The smallest absolute Gasteiger partial charge is 0.330 e. The number of para-hydroxylation sites is 1. The molecule has 1 aromatic carbocycles. The van der Waals surface area contributed by atoms with Crippen LogP contribution in [0, 0.1) is 0 Å². The van der Waals surface area contributed by atoms with E-state index >= 15 is 0 Å². The van der Waals surface area contributed by atoms with Crippen molar-refractivity contribution in [2.75, 3.05) is 16.8 Å². The molecule has 1 amide bonds. The molecule has 1 aromatic heterocycles. The van der Waals surface area contributed by atoms with Crippen molar-refractivity contribution < 1.29 is 14.7 Å². The minimum absolute atomic E-state index is 0.167. The summed E-state index contributed by atoms with van der Waals surface area (Å²) in [5, 5.41) is 12.9. The van der Waals surface area contributed by atoms with Crippen molar-refractivity contribution in [1.29, 1.82) is 0 Å². The summed E-state index contributed by atoms with van der Waals surface area (Å²) in [4.78, 5) is 29.0. The van der Waals surface area contributed by atoms with Crippen LogP contribution in [0.15, 0.2) is 29.3 Å². The second kappa shape index (κ2) is 3.85. The highest BCUT2D eigenvalue weighted by Crippen LogP contribution is 2.40. The molecule has 0 aliphatic carbocycles. The molecule has 0 fully saturated rings. The molecular formula is C14H12N4O3. The van der Waals surface area contributed by atoms with Crippen molar-refractivity contribution in [3.8, 4) is 0 Å². The molecule has 2 aliphatic rings. The number of hydrogen-bond donors (Lipinski definition) is 2. The van der Waals surface area contributed by atoms with Crippen LogP contribution in [0.2, 0.25) is 0 Å². The molecule has 1 atom stereocenters. The molecular weight excluding hydrogens is 272 g/mol. The van der Waals surface area contributed by atoms with Crippen LogP contribution in [0.3, 0.4) is 0 Å². The fourth-order valence-electron chi connectivity index (χ4n) is 3.01. The van der Waals surface area contributed by atoms with Gasteiger partial charge in [-0.3, -0.25) is 4.79 Å². The van der Waals surface area contributed by atoms with Crippen molar-refractivity contribution in [3.63, 3.8) is 0 Å². The molecule has 1 unspecified atom stereocenters. The number of hydrogen-bond acceptors (Lipinski definition) is 4. The second-order valence-corrected chi connectivity index (χ2v) is 5.15. The molecule has 0 saturated heterocycles. The first-order chi connectivity index (χ1) is 10.1. The van der Waals surface area contributed by atoms with Gasteiger partial charge in [-0.25, -0.2) is 9.79 Å². The molecule has 106 valence electrons. The third-order valence-electron chi connectivity index (χ3n) is 3.95. The minimum atomic E-state index is -1.02. The van der Waals surface area contributed by atoms with Gasteiger partial charge in [0.2, 0.25) is 0 Å². The lowest BCUT2D eigenvalue weighted by Crippen LogP contribution is -2.43. The number of amidine groups is 1. The number of aliphatic imine (C=N–C) groups is 1. The van der Waals surface area contributed by atoms with Crippen molar-refractivity contribution in [1.82, 2.24) is 4.57 Å². The summed E-state index contributed by atoms with van der Waals surface area (Å²) >= 11 is 0. The summed E-state index contributed by atoms with van der Waals surface area (Å²) in [6.45, 7) is 0.176. The van der Waals surface area contributed by atoms with E-state index in [0.29, 0.717) is 5.69 Å². The topological polar surface area (TPSA) is 86.9 Å². The highest BCUT2D eigenvalue weighted by Gasteiger charge is 2.41. The summed E-state index contributed by atoms with van der Waals surface area (Å²) in [5.41, 5.74) is 1.69. The number of amides is 1. The average molecular weight is 284 g/mol. The van der Waals surface area contributed by atoms with Crippen molar-refractivity contribution in [3.05, 3.63) is 24.3 Å². The number of carboxylic acids is 1. The van der Waals surface area contributed by atoms with Gasteiger partial charge in [0.1, 0.15) is 5.82 Å². The average Bonchev–Trinajstić information content (AvgIpc) is 3.01. The fourth-order valence-corrected chi connectivity index (χ4v) is 3.01. The van der Waals surface area contributed by atoms with E-state index in [1.165, 1.54) is 0 Å². The van der Waals surface area contributed by atoms with Gasteiger partial charge in [0.15, 0.2) is 11.9 Å². The van der Waals surface area contributed by atoms with Crippen LogP contribution in [0.1, 0.15) is 0 Å². The normalized spacial score (nSPS) is 20.0. The number of carbonyl (C=O) groups excluding carboxylic acids is 1. The van der Waals surface area contributed by atoms with Gasteiger partial charge in [-0.1, -0.05) is 18.2 Å². The lowest BCUT2D eigenvalue weighted by Gasteiger charge is -2.26. The number of rotatable bonds is 1. The molecule has 4 rings (SSSR count). The van der Waals surface area contributed by atoms with Gasteiger partial charge < -0.3 is 19.9 Å². The van der Waals surface area contributed by atoms with Crippen LogP contribution in [0.4, 0.5) is 11.5 Å². The molecule has 2 aromatic rings. The fraction of sp³-hybridized carbons (Fsp3) is 0.214. The lowest BCUT2D eigenvalue weighted by atomic mass is 10.2. The Morgan fingerprint density at radius 1 is 1.43 bits per heavy atom. The van der Waals surface area contributed by atoms with Gasteiger partial charge in [0.25, 0.3) is 5.91 Å². The summed E-state index contributed by atoms with van der Waals surface area (Å²) in [7, 11) is 1.89. The molecule has 2 N–H and O–H groups in total. The first-order valence-electron chi connectivity index (χ1n) is 6.55. The largest absolute Gasteiger partial charge is 0.480 e. The molecule has 7 heteroatoms. The zero-order valence-corrected chi connectivity index (χ0v) is 11.2.